The van der Waals surface area contributed by atoms with E-state index in [1.807, 2.05) is 6.79 Å². The number of aromatic amines is 1. The molecule has 0 radical (unpaired) electrons. The Morgan fingerprint density at radius 1 is 1.11 bits per heavy atom. The Morgan fingerprint density at radius 3 is 2.33 bits per heavy atom. The summed E-state index contributed by atoms with van der Waals surface area (Å²) in [6, 6.07) is 1.74. The number of halogens is 5. The van der Waals surface area contributed by atoms with Crippen molar-refractivity contribution < 1.29 is 31.5 Å². The van der Waals surface area contributed by atoms with Crippen LogP contribution < -0.4 is 0 Å². The van der Waals surface area contributed by atoms with Gasteiger partial charge in [0.25, 0.3) is 5.91 Å². The standard InChI is InChI=1S/C24H29F5N4O.CH2O/c1-23(2,3)13-32-9-8-18-16(12-32)21(31-30-18)22(34)33-10-6-14(7-11-33)15-4-5-17(25)20(26)19(15)24(27,28)29;1-2/h4-5,14H,6-13H2,1-3H3,(H,30,31);1H2. The first-order chi connectivity index (χ1) is 16.8. The van der Waals surface area contributed by atoms with Crippen LogP contribution in [-0.2, 0) is 23.9 Å². The van der Waals surface area contributed by atoms with Crippen molar-refractivity contribution in [2.24, 2.45) is 5.41 Å². The van der Waals surface area contributed by atoms with Crippen LogP contribution >= 0.6 is 0 Å². The number of likely N-dealkylation sites (tertiary alicyclic amines) is 1. The number of piperidine rings is 1. The van der Waals surface area contributed by atoms with E-state index < -0.39 is 29.3 Å². The molecule has 0 aliphatic carbocycles. The van der Waals surface area contributed by atoms with Crippen molar-refractivity contribution in [2.75, 3.05) is 26.2 Å². The highest BCUT2D eigenvalue weighted by atomic mass is 19.4. The molecule has 2 aromatic rings. The fourth-order valence-electron chi connectivity index (χ4n) is 5.07. The van der Waals surface area contributed by atoms with E-state index in [-0.39, 0.29) is 42.8 Å². The fourth-order valence-corrected chi connectivity index (χ4v) is 5.07. The van der Waals surface area contributed by atoms with E-state index in [0.717, 1.165) is 42.9 Å². The van der Waals surface area contributed by atoms with Gasteiger partial charge in [-0.15, -0.1) is 0 Å². The lowest BCUT2D eigenvalue weighted by Gasteiger charge is -2.34. The number of nitrogens with zero attached hydrogens (tertiary/aromatic N) is 3. The largest absolute Gasteiger partial charge is 0.419 e. The molecule has 11 heteroatoms. The number of nitrogens with one attached hydrogen (secondary N) is 1. The highest BCUT2D eigenvalue weighted by molar-refractivity contribution is 5.94. The van der Waals surface area contributed by atoms with Crippen molar-refractivity contribution >= 4 is 12.7 Å². The average Bonchev–Trinajstić information content (AvgIpc) is 3.23. The molecule has 2 aliphatic heterocycles. The molecule has 36 heavy (non-hydrogen) atoms. The lowest BCUT2D eigenvalue weighted by atomic mass is 9.85. The Balaban J connectivity index is 0.00000176. The highest BCUT2D eigenvalue weighted by Crippen LogP contribution is 2.41. The second kappa shape index (κ2) is 10.7. The third-order valence-electron chi connectivity index (χ3n) is 6.55. The van der Waals surface area contributed by atoms with Crippen molar-refractivity contribution in [2.45, 2.75) is 58.7 Å². The van der Waals surface area contributed by atoms with Gasteiger partial charge in [0, 0.05) is 50.4 Å². The molecule has 2 aliphatic rings. The predicted molar refractivity (Wildman–Crippen MR) is 123 cm³/mol. The van der Waals surface area contributed by atoms with E-state index in [1.54, 1.807) is 4.90 Å². The van der Waals surface area contributed by atoms with Gasteiger partial charge in [-0.25, -0.2) is 8.78 Å². The number of amides is 1. The van der Waals surface area contributed by atoms with Gasteiger partial charge in [0.1, 0.15) is 6.79 Å². The molecule has 0 atom stereocenters. The monoisotopic (exact) mass is 514 g/mol. The topological polar surface area (TPSA) is 69.3 Å². The van der Waals surface area contributed by atoms with E-state index in [4.69, 9.17) is 4.79 Å². The summed E-state index contributed by atoms with van der Waals surface area (Å²) in [4.78, 5) is 25.1. The average molecular weight is 515 g/mol. The zero-order chi connectivity index (χ0) is 26.8. The number of fused-ring (bicyclic) bond motifs is 1. The molecule has 0 saturated carbocycles. The van der Waals surface area contributed by atoms with Crippen LogP contribution in [0, 0.1) is 17.0 Å². The molecule has 6 nitrogen and oxygen atoms in total. The van der Waals surface area contributed by atoms with E-state index in [9.17, 15) is 26.7 Å². The minimum atomic E-state index is -5.00. The first-order valence-electron chi connectivity index (χ1n) is 11.8. The van der Waals surface area contributed by atoms with E-state index in [2.05, 4.69) is 35.9 Å². The van der Waals surface area contributed by atoms with Gasteiger partial charge in [-0.3, -0.25) is 14.8 Å². The molecule has 0 spiro atoms. The maximum atomic E-state index is 14.0. The zero-order valence-electron chi connectivity index (χ0n) is 20.6. The molecular formula is C25H31F5N4O2. The maximum absolute atomic E-state index is 14.0. The van der Waals surface area contributed by atoms with Crippen molar-refractivity contribution in [1.82, 2.24) is 20.0 Å². The van der Waals surface area contributed by atoms with Gasteiger partial charge in [0.15, 0.2) is 17.3 Å². The van der Waals surface area contributed by atoms with Crippen molar-refractivity contribution in [3.8, 4) is 0 Å². The number of hydrogen-bond acceptors (Lipinski definition) is 4. The molecule has 1 aromatic carbocycles. The summed E-state index contributed by atoms with van der Waals surface area (Å²) in [5, 5.41) is 7.24. The molecule has 1 fully saturated rings. The van der Waals surface area contributed by atoms with Crippen LogP contribution in [0.25, 0.3) is 0 Å². The molecule has 0 unspecified atom stereocenters. The molecule has 0 bridgehead atoms. The van der Waals surface area contributed by atoms with Crippen LogP contribution in [0.2, 0.25) is 0 Å². The molecule has 1 aromatic heterocycles. The van der Waals surface area contributed by atoms with Crippen LogP contribution in [-0.4, -0.2) is 58.9 Å². The summed E-state index contributed by atoms with van der Waals surface area (Å²) in [5.41, 5.74) is 0.493. The number of hydrogen-bond donors (Lipinski definition) is 1. The van der Waals surface area contributed by atoms with Gasteiger partial charge >= 0.3 is 6.18 Å². The molecule has 3 heterocycles. The normalized spacial score (nSPS) is 17.4. The van der Waals surface area contributed by atoms with Crippen LogP contribution in [0.1, 0.15) is 72.4 Å². The van der Waals surface area contributed by atoms with Gasteiger partial charge < -0.3 is 9.69 Å². The quantitative estimate of drug-likeness (QED) is 0.589. The van der Waals surface area contributed by atoms with Crippen LogP contribution in [0.3, 0.4) is 0 Å². The van der Waals surface area contributed by atoms with E-state index in [0.29, 0.717) is 12.2 Å². The zero-order valence-corrected chi connectivity index (χ0v) is 20.6. The van der Waals surface area contributed by atoms with Crippen LogP contribution in [0.4, 0.5) is 22.0 Å². The summed E-state index contributed by atoms with van der Waals surface area (Å²) >= 11 is 0. The number of aromatic nitrogens is 2. The van der Waals surface area contributed by atoms with E-state index >= 15 is 0 Å². The van der Waals surface area contributed by atoms with Gasteiger partial charge in [-0.1, -0.05) is 26.8 Å². The molecule has 1 amide bonds. The van der Waals surface area contributed by atoms with Crippen molar-refractivity contribution in [3.63, 3.8) is 0 Å². The Morgan fingerprint density at radius 2 is 1.75 bits per heavy atom. The Bertz CT molecular complexity index is 1090. The minimum absolute atomic E-state index is 0.113. The second-order valence-corrected chi connectivity index (χ2v) is 10.4. The van der Waals surface area contributed by atoms with Gasteiger partial charge in [-0.05, 0) is 35.8 Å². The van der Waals surface area contributed by atoms with Gasteiger partial charge in [0.05, 0.1) is 5.56 Å². The Labute approximate surface area is 206 Å². The fraction of sp³-hybridized carbons (Fsp3) is 0.560. The van der Waals surface area contributed by atoms with Gasteiger partial charge in [0.2, 0.25) is 0 Å². The van der Waals surface area contributed by atoms with Crippen molar-refractivity contribution in [3.05, 3.63) is 51.8 Å². The second-order valence-electron chi connectivity index (χ2n) is 10.4. The SMILES string of the molecule is C=O.CC(C)(C)CN1CCc2[nH]nc(C(=O)N3CCC(c4ccc(F)c(F)c4C(F)(F)F)CC3)c2C1. The summed E-state index contributed by atoms with van der Waals surface area (Å²) < 4.78 is 67.8. The third kappa shape index (κ3) is 5.93. The lowest BCUT2D eigenvalue weighted by molar-refractivity contribution is -0.141. The molecule has 1 saturated heterocycles. The Hall–Kier alpha value is -2.82. The lowest BCUT2D eigenvalue weighted by Crippen LogP contribution is -2.40. The summed E-state index contributed by atoms with van der Waals surface area (Å²) in [6.45, 7) is 11.3. The summed E-state index contributed by atoms with van der Waals surface area (Å²) in [5.74, 6) is -4.26. The highest BCUT2D eigenvalue weighted by Gasteiger charge is 2.41. The number of rotatable bonds is 3. The number of carbonyl (C=O) groups excluding carboxylic acids is 2. The van der Waals surface area contributed by atoms with Crippen LogP contribution in [0.5, 0.6) is 0 Å². The smallest absolute Gasteiger partial charge is 0.337 e. The molecule has 4 rings (SSSR count). The number of alkyl halides is 3. The summed E-state index contributed by atoms with van der Waals surface area (Å²) in [7, 11) is 0. The number of carbonyl (C=O) groups is 2. The van der Waals surface area contributed by atoms with E-state index in [1.165, 1.54) is 0 Å². The minimum Gasteiger partial charge on any atom is -0.337 e. The van der Waals surface area contributed by atoms with Crippen LogP contribution in [0.15, 0.2) is 12.1 Å². The van der Waals surface area contributed by atoms with Crippen molar-refractivity contribution in [1.29, 1.82) is 0 Å². The molecule has 198 valence electrons. The first-order valence-corrected chi connectivity index (χ1v) is 11.8. The summed E-state index contributed by atoms with van der Waals surface area (Å²) in [6.07, 6.45) is -3.78. The number of benzene rings is 1. The predicted octanol–water partition coefficient (Wildman–Crippen LogP) is 4.95. The molecular weight excluding hydrogens is 483 g/mol. The third-order valence-corrected chi connectivity index (χ3v) is 6.55. The Kier molecular flexibility index (Phi) is 8.22. The first kappa shape index (κ1) is 27.8. The van der Waals surface area contributed by atoms with Gasteiger partial charge in [-0.2, -0.15) is 18.3 Å². The molecule has 1 N–H and O–H groups in total. The number of H-pyrrole nitrogens is 1. The maximum Gasteiger partial charge on any atom is 0.419 e.